The Morgan fingerprint density at radius 2 is 1.14 bits per heavy atom. The molecule has 0 saturated heterocycles. The third-order valence-electron chi connectivity index (χ3n) is 4.18. The third kappa shape index (κ3) is 3.69. The SMILES string of the molecule is CC.c1cc(-c2cc(-c3cccs3)[nH]n2)cc(-c2cc(-c3cccs3)[nH]n2)c1. The van der Waals surface area contributed by atoms with Crippen LogP contribution < -0.4 is 0 Å². The normalized spacial score (nSPS) is 10.5. The van der Waals surface area contributed by atoms with Gasteiger partial charge in [0.2, 0.25) is 0 Å². The minimum absolute atomic E-state index is 0.935. The van der Waals surface area contributed by atoms with Crippen LogP contribution in [0.4, 0.5) is 0 Å². The molecular formula is C22H20N4S2. The Morgan fingerprint density at radius 1 is 0.643 bits per heavy atom. The fourth-order valence-electron chi connectivity index (χ4n) is 2.89. The van der Waals surface area contributed by atoms with Crippen molar-refractivity contribution in [1.29, 1.82) is 0 Å². The molecule has 0 bridgehead atoms. The number of aromatic nitrogens is 4. The summed E-state index contributed by atoms with van der Waals surface area (Å²) in [6.07, 6.45) is 0. The highest BCUT2D eigenvalue weighted by atomic mass is 32.1. The van der Waals surface area contributed by atoms with Gasteiger partial charge in [-0.3, -0.25) is 10.2 Å². The molecule has 5 aromatic rings. The number of aromatic amines is 2. The number of benzene rings is 1. The van der Waals surface area contributed by atoms with Crippen LogP contribution in [-0.2, 0) is 0 Å². The van der Waals surface area contributed by atoms with E-state index >= 15 is 0 Å². The monoisotopic (exact) mass is 404 g/mol. The Hall–Kier alpha value is -2.96. The smallest absolute Gasteiger partial charge is 0.0927 e. The molecule has 4 aromatic heterocycles. The van der Waals surface area contributed by atoms with Crippen molar-refractivity contribution in [2.45, 2.75) is 13.8 Å². The fraction of sp³-hybridized carbons (Fsp3) is 0.0909. The van der Waals surface area contributed by atoms with Gasteiger partial charge in [-0.05, 0) is 41.1 Å². The van der Waals surface area contributed by atoms with Crippen LogP contribution in [0.1, 0.15) is 13.8 Å². The first kappa shape index (κ1) is 18.4. The predicted octanol–water partition coefficient (Wildman–Crippen LogP) is 6.95. The summed E-state index contributed by atoms with van der Waals surface area (Å²) in [5, 5.41) is 19.4. The van der Waals surface area contributed by atoms with Gasteiger partial charge in [-0.2, -0.15) is 10.2 Å². The minimum Gasteiger partial charge on any atom is -0.276 e. The molecule has 4 nitrogen and oxygen atoms in total. The summed E-state index contributed by atoms with van der Waals surface area (Å²) in [6, 6.07) is 20.8. The zero-order valence-corrected chi connectivity index (χ0v) is 17.3. The molecule has 1 aromatic carbocycles. The summed E-state index contributed by atoms with van der Waals surface area (Å²) >= 11 is 3.40. The Balaban J connectivity index is 0.000000932. The molecular weight excluding hydrogens is 384 g/mol. The maximum absolute atomic E-state index is 4.48. The summed E-state index contributed by atoms with van der Waals surface area (Å²) < 4.78 is 0. The number of hydrogen-bond acceptors (Lipinski definition) is 4. The van der Waals surface area contributed by atoms with Gasteiger partial charge in [0.15, 0.2) is 0 Å². The van der Waals surface area contributed by atoms with Gasteiger partial charge in [0.25, 0.3) is 0 Å². The van der Waals surface area contributed by atoms with Gasteiger partial charge in [0.1, 0.15) is 0 Å². The van der Waals surface area contributed by atoms with Gasteiger partial charge in [-0.25, -0.2) is 0 Å². The average Bonchev–Trinajstić information content (AvgIpc) is 3.55. The second-order valence-corrected chi connectivity index (χ2v) is 7.76. The topological polar surface area (TPSA) is 57.4 Å². The van der Waals surface area contributed by atoms with Crippen molar-refractivity contribution in [3.63, 3.8) is 0 Å². The lowest BCUT2D eigenvalue weighted by Crippen LogP contribution is -1.82. The first-order chi connectivity index (χ1) is 13.9. The molecule has 0 unspecified atom stereocenters. The second kappa shape index (κ2) is 8.37. The van der Waals surface area contributed by atoms with Crippen LogP contribution in [0.5, 0.6) is 0 Å². The standard InChI is InChI=1S/C20H14N4S2.C2H6/c1-4-13(15-11-17(23-21-15)19-6-2-8-25-19)10-14(5-1)16-12-18(24-22-16)20-7-3-9-26-20;1-2/h1-12H,(H,21,23)(H,22,24);1-2H3. The molecule has 0 radical (unpaired) electrons. The second-order valence-electron chi connectivity index (χ2n) is 5.87. The number of nitrogens with one attached hydrogen (secondary N) is 2. The predicted molar refractivity (Wildman–Crippen MR) is 120 cm³/mol. The molecule has 5 rings (SSSR count). The Morgan fingerprint density at radius 3 is 1.57 bits per heavy atom. The molecule has 0 amide bonds. The highest BCUT2D eigenvalue weighted by molar-refractivity contribution is 7.13. The molecule has 0 spiro atoms. The number of hydrogen-bond donors (Lipinski definition) is 2. The zero-order chi connectivity index (χ0) is 19.3. The molecule has 0 fully saturated rings. The molecule has 140 valence electrons. The van der Waals surface area contributed by atoms with E-state index in [4.69, 9.17) is 0 Å². The van der Waals surface area contributed by atoms with Crippen molar-refractivity contribution in [3.05, 3.63) is 71.4 Å². The van der Waals surface area contributed by atoms with Gasteiger partial charge < -0.3 is 0 Å². The van der Waals surface area contributed by atoms with E-state index in [9.17, 15) is 0 Å². The first-order valence-electron chi connectivity index (χ1n) is 9.16. The van der Waals surface area contributed by atoms with E-state index in [0.717, 1.165) is 33.9 Å². The van der Waals surface area contributed by atoms with Crippen LogP contribution >= 0.6 is 22.7 Å². The van der Waals surface area contributed by atoms with E-state index < -0.39 is 0 Å². The molecule has 0 saturated carbocycles. The van der Waals surface area contributed by atoms with Crippen LogP contribution in [0.15, 0.2) is 71.4 Å². The van der Waals surface area contributed by atoms with E-state index in [1.165, 1.54) is 9.75 Å². The summed E-state index contributed by atoms with van der Waals surface area (Å²) in [6.45, 7) is 4.00. The Kier molecular flexibility index (Phi) is 5.50. The van der Waals surface area contributed by atoms with Gasteiger partial charge >= 0.3 is 0 Å². The molecule has 0 atom stereocenters. The first-order valence-corrected chi connectivity index (χ1v) is 10.9. The minimum atomic E-state index is 0.935. The van der Waals surface area contributed by atoms with E-state index in [1.54, 1.807) is 22.7 Å². The van der Waals surface area contributed by atoms with Crippen molar-refractivity contribution in [2.75, 3.05) is 0 Å². The van der Waals surface area contributed by atoms with Crippen molar-refractivity contribution in [3.8, 4) is 43.7 Å². The van der Waals surface area contributed by atoms with Crippen LogP contribution in [0.3, 0.4) is 0 Å². The van der Waals surface area contributed by atoms with Crippen LogP contribution in [0.2, 0.25) is 0 Å². The van der Waals surface area contributed by atoms with E-state index in [-0.39, 0.29) is 0 Å². The number of H-pyrrole nitrogens is 2. The lowest BCUT2D eigenvalue weighted by atomic mass is 10.1. The van der Waals surface area contributed by atoms with Gasteiger partial charge in [-0.15, -0.1) is 22.7 Å². The molecule has 6 heteroatoms. The highest BCUT2D eigenvalue weighted by Gasteiger charge is 2.10. The van der Waals surface area contributed by atoms with Crippen LogP contribution in [0, 0.1) is 0 Å². The molecule has 0 aliphatic rings. The number of nitrogens with zero attached hydrogens (tertiary/aromatic N) is 2. The Labute approximate surface area is 171 Å². The lowest BCUT2D eigenvalue weighted by molar-refractivity contribution is 1.10. The van der Waals surface area contributed by atoms with Crippen molar-refractivity contribution >= 4 is 22.7 Å². The molecule has 0 aliphatic carbocycles. The summed E-state index contributed by atoms with van der Waals surface area (Å²) in [5.41, 5.74) is 6.10. The largest absolute Gasteiger partial charge is 0.276 e. The number of thiophene rings is 2. The summed E-state index contributed by atoms with van der Waals surface area (Å²) in [4.78, 5) is 2.38. The fourth-order valence-corrected chi connectivity index (χ4v) is 4.28. The molecule has 2 N–H and O–H groups in total. The molecule has 28 heavy (non-hydrogen) atoms. The summed E-state index contributed by atoms with van der Waals surface area (Å²) in [7, 11) is 0. The van der Waals surface area contributed by atoms with E-state index in [1.807, 2.05) is 32.0 Å². The highest BCUT2D eigenvalue weighted by Crippen LogP contribution is 2.31. The maximum atomic E-state index is 4.48. The van der Waals surface area contributed by atoms with Gasteiger partial charge in [-0.1, -0.05) is 44.2 Å². The van der Waals surface area contributed by atoms with Gasteiger partial charge in [0, 0.05) is 11.1 Å². The van der Waals surface area contributed by atoms with Crippen LogP contribution in [-0.4, -0.2) is 20.4 Å². The summed E-state index contributed by atoms with van der Waals surface area (Å²) in [5.74, 6) is 0. The molecule has 0 aliphatic heterocycles. The maximum Gasteiger partial charge on any atom is 0.0927 e. The Bertz CT molecular complexity index is 1050. The van der Waals surface area contributed by atoms with Crippen molar-refractivity contribution < 1.29 is 0 Å². The van der Waals surface area contributed by atoms with Crippen LogP contribution in [0.25, 0.3) is 43.7 Å². The van der Waals surface area contributed by atoms with Gasteiger partial charge in [0.05, 0.1) is 32.5 Å². The van der Waals surface area contributed by atoms with E-state index in [0.29, 0.717) is 0 Å². The lowest BCUT2D eigenvalue weighted by Gasteiger charge is -2.00. The van der Waals surface area contributed by atoms with E-state index in [2.05, 4.69) is 73.6 Å². The number of rotatable bonds is 4. The zero-order valence-electron chi connectivity index (χ0n) is 15.6. The molecule has 4 heterocycles. The third-order valence-corrected chi connectivity index (χ3v) is 5.99. The van der Waals surface area contributed by atoms with Crippen molar-refractivity contribution in [1.82, 2.24) is 20.4 Å². The van der Waals surface area contributed by atoms with Crippen molar-refractivity contribution in [2.24, 2.45) is 0 Å². The average molecular weight is 405 g/mol. The quantitative estimate of drug-likeness (QED) is 0.340.